The Bertz CT molecular complexity index is 963. The van der Waals surface area contributed by atoms with Crippen LogP contribution in [0.2, 0.25) is 0 Å². The van der Waals surface area contributed by atoms with Crippen LogP contribution in [0.3, 0.4) is 0 Å². The molecule has 5 nitrogen and oxygen atoms in total. The van der Waals surface area contributed by atoms with Gasteiger partial charge in [-0.3, -0.25) is 4.79 Å². The Kier molecular flexibility index (Phi) is 8.13. The number of piperidine rings is 1. The lowest BCUT2D eigenvalue weighted by Crippen LogP contribution is -2.90. The number of esters is 1. The molecule has 1 heterocycles. The molecule has 0 aliphatic carbocycles. The Morgan fingerprint density at radius 2 is 1.21 bits per heavy atom. The van der Waals surface area contributed by atoms with Crippen LogP contribution in [-0.2, 0) is 14.3 Å². The van der Waals surface area contributed by atoms with Gasteiger partial charge in [0.05, 0.1) is 6.54 Å². The third kappa shape index (κ3) is 4.24. The van der Waals surface area contributed by atoms with Crippen molar-refractivity contribution < 1.29 is 93.4 Å². The summed E-state index contributed by atoms with van der Waals surface area (Å²) in [5.41, 5.74) is -8.78. The first-order valence-electron chi connectivity index (χ1n) is 9.16. The van der Waals surface area contributed by atoms with Crippen molar-refractivity contribution in [2.45, 2.75) is 53.7 Å². The Balaban J connectivity index is 3.82. The van der Waals surface area contributed by atoms with E-state index in [2.05, 4.69) is 11.3 Å². The number of likely N-dealkylation sites (tertiary alicyclic amines) is 1. The number of amides is 1. The van der Waals surface area contributed by atoms with Crippen molar-refractivity contribution in [1.82, 2.24) is 9.80 Å². The van der Waals surface area contributed by atoms with Crippen molar-refractivity contribution in [3.05, 3.63) is 12.7 Å². The molecule has 1 fully saturated rings. The maximum atomic E-state index is 14.3. The summed E-state index contributed by atoms with van der Waals surface area (Å²) in [6.45, 7) is 0.179. The summed E-state index contributed by atoms with van der Waals surface area (Å²) in [4.78, 5) is 17.2. The van der Waals surface area contributed by atoms with Gasteiger partial charge in [-0.1, -0.05) is 6.58 Å². The van der Waals surface area contributed by atoms with Crippen LogP contribution in [0.25, 0.3) is 0 Å². The highest BCUT2D eigenvalue weighted by Gasteiger charge is 3.04. The number of carbonyl (C=O) groups is 2. The molecule has 1 rings (SSSR count). The largest absolute Gasteiger partial charge is 0.461 e. The molecular weight excluding hydrogens is 610 g/mol. The molecule has 0 bridgehead atoms. The Morgan fingerprint density at radius 3 is 1.54 bits per heavy atom. The molecule has 0 aromatic heterocycles. The van der Waals surface area contributed by atoms with Crippen LogP contribution >= 0.6 is 0 Å². The Morgan fingerprint density at radius 1 is 0.821 bits per heavy atom. The zero-order chi connectivity index (χ0) is 31.6. The third-order valence-corrected chi connectivity index (χ3v) is 5.08. The lowest BCUT2D eigenvalue weighted by atomic mass is 9.76. The number of likely N-dealkylation sites (N-methyl/N-ethyl adjacent to an activating group) is 1. The number of halogens is 18. The van der Waals surface area contributed by atoms with Crippen molar-refractivity contribution in [1.29, 1.82) is 0 Å². The van der Waals surface area contributed by atoms with E-state index >= 15 is 0 Å². The van der Waals surface area contributed by atoms with Gasteiger partial charge in [0.25, 0.3) is 0 Å². The number of alkyl halides is 18. The van der Waals surface area contributed by atoms with Crippen LogP contribution in [0.5, 0.6) is 0 Å². The fourth-order valence-corrected chi connectivity index (χ4v) is 2.96. The summed E-state index contributed by atoms with van der Waals surface area (Å²) in [5.74, 6) is -38.1. The average Bonchev–Trinajstić information content (AvgIpc) is 2.74. The molecule has 0 saturated carbocycles. The van der Waals surface area contributed by atoms with Gasteiger partial charge in [0, 0.05) is 13.1 Å². The fraction of sp³-hybridized carbons (Fsp3) is 0.750. The zero-order valence-corrected chi connectivity index (χ0v) is 18.1. The van der Waals surface area contributed by atoms with E-state index in [9.17, 15) is 88.6 Å². The zero-order valence-electron chi connectivity index (χ0n) is 18.1. The molecule has 0 aromatic carbocycles. The van der Waals surface area contributed by atoms with Crippen molar-refractivity contribution in [3.8, 4) is 0 Å². The Labute approximate surface area is 202 Å². The third-order valence-electron chi connectivity index (χ3n) is 5.08. The van der Waals surface area contributed by atoms with Gasteiger partial charge < -0.3 is 9.64 Å². The summed E-state index contributed by atoms with van der Waals surface area (Å²) in [6.07, 6.45) is -7.68. The molecule has 1 amide bonds. The van der Waals surface area contributed by atoms with Crippen molar-refractivity contribution >= 4 is 11.9 Å². The predicted molar refractivity (Wildman–Crippen MR) is 85.2 cm³/mol. The maximum Gasteiger partial charge on any atom is 0.457 e. The molecule has 0 N–H and O–H groups in total. The first-order chi connectivity index (χ1) is 16.9. The van der Waals surface area contributed by atoms with Crippen LogP contribution in [0, 0.1) is 0 Å². The molecule has 0 atom stereocenters. The molecule has 39 heavy (non-hydrogen) atoms. The minimum Gasteiger partial charge on any atom is -0.461 e. The molecule has 0 aromatic rings. The SMILES string of the molecule is C=CC(=O)OCCN(C)C(=O)C(F)(F)C(F)(F)N1C(F)(F)C(F)(F)C(F)(C(F)(F)C(F)(F)F)C(F)(F)C1(F)F. The highest BCUT2D eigenvalue weighted by molar-refractivity contribution is 5.84. The lowest BCUT2D eigenvalue weighted by molar-refractivity contribution is -0.553. The van der Waals surface area contributed by atoms with E-state index in [0.29, 0.717) is 6.08 Å². The van der Waals surface area contributed by atoms with Gasteiger partial charge in [0.15, 0.2) is 0 Å². The van der Waals surface area contributed by atoms with Gasteiger partial charge in [0.1, 0.15) is 6.61 Å². The predicted octanol–water partition coefficient (Wildman–Crippen LogP) is 5.08. The van der Waals surface area contributed by atoms with E-state index in [4.69, 9.17) is 0 Å². The molecule has 0 spiro atoms. The number of hydrogen-bond donors (Lipinski definition) is 0. The second-order valence-corrected chi connectivity index (χ2v) is 7.51. The molecule has 1 saturated heterocycles. The molecule has 0 unspecified atom stereocenters. The van der Waals surface area contributed by atoms with Crippen LogP contribution in [0.1, 0.15) is 0 Å². The number of hydrogen-bond acceptors (Lipinski definition) is 4. The summed E-state index contributed by atoms with van der Waals surface area (Å²) < 4.78 is 252. The Hall–Kier alpha value is -2.62. The monoisotopic (exact) mass is 620 g/mol. The quantitative estimate of drug-likeness (QED) is 0.165. The first kappa shape index (κ1) is 34.4. The average molecular weight is 620 g/mol. The minimum absolute atomic E-state index is 0.0280. The molecular formula is C16H10F18N2O3. The number of nitrogens with zero attached hydrogens (tertiary/aromatic N) is 2. The molecule has 23 heteroatoms. The highest BCUT2D eigenvalue weighted by Crippen LogP contribution is 2.71. The summed E-state index contributed by atoms with van der Waals surface area (Å²) >= 11 is 0. The van der Waals surface area contributed by atoms with Gasteiger partial charge in [-0.15, -0.1) is 4.90 Å². The van der Waals surface area contributed by atoms with Crippen LogP contribution in [0.15, 0.2) is 12.7 Å². The van der Waals surface area contributed by atoms with E-state index in [1.54, 1.807) is 0 Å². The molecule has 1 aliphatic rings. The van der Waals surface area contributed by atoms with E-state index in [1.165, 1.54) is 0 Å². The van der Waals surface area contributed by atoms with E-state index in [-0.39, 0.29) is 7.05 Å². The van der Waals surface area contributed by atoms with Crippen molar-refractivity contribution in [2.24, 2.45) is 0 Å². The number of carbonyl (C=O) groups excluding carboxylic acids is 2. The smallest absolute Gasteiger partial charge is 0.457 e. The van der Waals surface area contributed by atoms with E-state index in [1.807, 2.05) is 0 Å². The van der Waals surface area contributed by atoms with Gasteiger partial charge in [-0.2, -0.15) is 74.6 Å². The highest BCUT2D eigenvalue weighted by atomic mass is 19.4. The lowest BCUT2D eigenvalue weighted by Gasteiger charge is -2.57. The van der Waals surface area contributed by atoms with Crippen molar-refractivity contribution in [3.63, 3.8) is 0 Å². The summed E-state index contributed by atoms with van der Waals surface area (Å²) in [5, 5.41) is 0. The molecule has 228 valence electrons. The second-order valence-electron chi connectivity index (χ2n) is 7.51. The van der Waals surface area contributed by atoms with Crippen LogP contribution in [0.4, 0.5) is 79.0 Å². The summed E-state index contributed by atoms with van der Waals surface area (Å²) in [7, 11) is 0.0280. The minimum atomic E-state index is -8.78. The normalized spacial score (nSPS) is 22.6. The number of ether oxygens (including phenoxy) is 1. The summed E-state index contributed by atoms with van der Waals surface area (Å²) in [6, 6.07) is -24.9. The first-order valence-corrected chi connectivity index (χ1v) is 9.16. The van der Waals surface area contributed by atoms with E-state index in [0.717, 1.165) is 0 Å². The fourth-order valence-electron chi connectivity index (χ4n) is 2.96. The topological polar surface area (TPSA) is 49.9 Å². The standard InChI is InChI=1S/C16H10F18N2O3/c1-3-6(37)39-5-4-35(2)7(38)8(17,18)14(29,30)36-15(31,32)11(22,23)9(19,10(20,21)13(26,27)28)12(24,25)16(36,33)34/h3H,1,4-5H2,2H3. The van der Waals surface area contributed by atoms with E-state index < -0.39 is 88.5 Å². The van der Waals surface area contributed by atoms with Gasteiger partial charge in [-0.05, 0) is 0 Å². The van der Waals surface area contributed by atoms with Gasteiger partial charge in [-0.25, -0.2) is 9.18 Å². The molecule has 1 aliphatic heterocycles. The maximum absolute atomic E-state index is 14.3. The van der Waals surface area contributed by atoms with Gasteiger partial charge >= 0.3 is 65.6 Å². The van der Waals surface area contributed by atoms with Crippen LogP contribution < -0.4 is 0 Å². The van der Waals surface area contributed by atoms with Gasteiger partial charge in [0.2, 0.25) is 0 Å². The molecule has 0 radical (unpaired) electrons. The number of rotatable bonds is 8. The second kappa shape index (κ2) is 9.21. The van der Waals surface area contributed by atoms with Crippen molar-refractivity contribution in [2.75, 3.05) is 20.2 Å². The van der Waals surface area contributed by atoms with Crippen LogP contribution in [-0.4, -0.2) is 95.6 Å².